The van der Waals surface area contributed by atoms with Crippen molar-refractivity contribution in [2.45, 2.75) is 25.7 Å². The van der Waals surface area contributed by atoms with E-state index in [1.807, 2.05) is 6.92 Å². The van der Waals surface area contributed by atoms with E-state index in [2.05, 4.69) is 5.10 Å². The van der Waals surface area contributed by atoms with Crippen molar-refractivity contribution in [2.75, 3.05) is 0 Å². The fourth-order valence-electron chi connectivity index (χ4n) is 2.28. The fourth-order valence-corrected chi connectivity index (χ4v) is 2.65. The quantitative estimate of drug-likeness (QED) is 0.922. The van der Waals surface area contributed by atoms with E-state index in [1.165, 1.54) is 24.3 Å². The van der Waals surface area contributed by atoms with Gasteiger partial charge in [-0.2, -0.15) is 5.10 Å². The molecule has 2 rings (SSSR count). The molecular weight excluding hydrogens is 295 g/mol. The number of hydrogen-bond acceptors (Lipinski definition) is 2. The van der Waals surface area contributed by atoms with Gasteiger partial charge < -0.3 is 5.11 Å². The number of carbonyl (C=O) groups is 1. The van der Waals surface area contributed by atoms with Crippen LogP contribution in [0.2, 0.25) is 5.02 Å². The lowest BCUT2D eigenvalue weighted by Crippen LogP contribution is -2.16. The molecule has 0 aliphatic heterocycles. The van der Waals surface area contributed by atoms with Crippen molar-refractivity contribution in [3.8, 4) is 0 Å². The fraction of sp³-hybridized carbons (Fsp3) is 0.333. The lowest BCUT2D eigenvalue weighted by atomic mass is 9.94. The van der Waals surface area contributed by atoms with Gasteiger partial charge in [0.25, 0.3) is 0 Å². The van der Waals surface area contributed by atoms with E-state index in [1.54, 1.807) is 11.7 Å². The molecule has 21 heavy (non-hydrogen) atoms. The largest absolute Gasteiger partial charge is 0.481 e. The molecule has 0 aliphatic carbocycles. The lowest BCUT2D eigenvalue weighted by Gasteiger charge is -2.13. The van der Waals surface area contributed by atoms with Crippen LogP contribution in [0, 0.1) is 5.82 Å². The number of halogens is 2. The average Bonchev–Trinajstić information content (AvgIpc) is 2.72. The number of aliphatic carboxylic acids is 1. The molecule has 0 radical (unpaired) electrons. The molecule has 0 spiro atoms. The van der Waals surface area contributed by atoms with Crippen LogP contribution in [0.25, 0.3) is 0 Å². The van der Waals surface area contributed by atoms with Gasteiger partial charge in [0.05, 0.1) is 22.3 Å². The summed E-state index contributed by atoms with van der Waals surface area (Å²) in [7, 11) is 1.74. The highest BCUT2D eigenvalue weighted by Gasteiger charge is 2.24. The van der Waals surface area contributed by atoms with Gasteiger partial charge in [0.1, 0.15) is 5.82 Å². The second kappa shape index (κ2) is 6.26. The van der Waals surface area contributed by atoms with Gasteiger partial charge in [-0.25, -0.2) is 4.39 Å². The summed E-state index contributed by atoms with van der Waals surface area (Å²) in [5.41, 5.74) is 1.96. The maximum atomic E-state index is 13.0. The standard InChI is InChI=1S/C15H16ClFN2O2/c1-3-12-14(16)13(19(2)18-12)8-11(15(20)21)9-4-6-10(17)7-5-9/h4-7,11H,3,8H2,1-2H3,(H,20,21). The summed E-state index contributed by atoms with van der Waals surface area (Å²) in [5, 5.41) is 14.2. The summed E-state index contributed by atoms with van der Waals surface area (Å²) in [6.45, 7) is 1.94. The minimum atomic E-state index is -0.975. The van der Waals surface area contributed by atoms with Gasteiger partial charge in [-0.3, -0.25) is 9.48 Å². The molecule has 112 valence electrons. The Kier molecular flexibility index (Phi) is 4.63. The van der Waals surface area contributed by atoms with Crippen LogP contribution >= 0.6 is 11.6 Å². The van der Waals surface area contributed by atoms with Gasteiger partial charge >= 0.3 is 5.97 Å². The van der Waals surface area contributed by atoms with Crippen LogP contribution in [0.4, 0.5) is 4.39 Å². The highest BCUT2D eigenvalue weighted by molar-refractivity contribution is 6.31. The van der Waals surface area contributed by atoms with Crippen molar-refractivity contribution in [1.29, 1.82) is 0 Å². The Hall–Kier alpha value is -1.88. The molecule has 1 unspecified atom stereocenters. The normalized spacial score (nSPS) is 12.4. The molecule has 0 saturated heterocycles. The number of nitrogens with zero attached hydrogens (tertiary/aromatic N) is 2. The van der Waals surface area contributed by atoms with Gasteiger partial charge in [0, 0.05) is 13.5 Å². The first kappa shape index (κ1) is 15.5. The van der Waals surface area contributed by atoms with Gasteiger partial charge in [0.2, 0.25) is 0 Å². The van der Waals surface area contributed by atoms with Gasteiger partial charge in [0.15, 0.2) is 0 Å². The van der Waals surface area contributed by atoms with Crippen LogP contribution in [0.1, 0.15) is 29.8 Å². The minimum Gasteiger partial charge on any atom is -0.481 e. The van der Waals surface area contributed by atoms with Crippen molar-refractivity contribution in [1.82, 2.24) is 9.78 Å². The van der Waals surface area contributed by atoms with Gasteiger partial charge in [-0.05, 0) is 24.1 Å². The smallest absolute Gasteiger partial charge is 0.311 e. The average molecular weight is 311 g/mol. The molecular formula is C15H16ClFN2O2. The first-order valence-electron chi connectivity index (χ1n) is 6.62. The topological polar surface area (TPSA) is 55.1 Å². The molecule has 4 nitrogen and oxygen atoms in total. The van der Waals surface area contributed by atoms with Gasteiger partial charge in [-0.1, -0.05) is 30.7 Å². The molecule has 1 N–H and O–H groups in total. The van der Waals surface area contributed by atoms with E-state index in [0.717, 1.165) is 5.69 Å². The monoisotopic (exact) mass is 310 g/mol. The Morgan fingerprint density at radius 1 is 1.43 bits per heavy atom. The Labute approximate surface area is 127 Å². The number of rotatable bonds is 5. The molecule has 1 aromatic carbocycles. The Balaban J connectivity index is 2.35. The number of carboxylic acid groups (broad SMARTS) is 1. The molecule has 0 bridgehead atoms. The second-order valence-corrected chi connectivity index (χ2v) is 5.21. The third-order valence-electron chi connectivity index (χ3n) is 3.47. The summed E-state index contributed by atoms with van der Waals surface area (Å²) >= 11 is 6.25. The molecule has 0 saturated carbocycles. The van der Waals surface area contributed by atoms with E-state index < -0.39 is 17.7 Å². The number of hydrogen-bond donors (Lipinski definition) is 1. The molecule has 1 aromatic heterocycles. The molecule has 1 heterocycles. The second-order valence-electron chi connectivity index (χ2n) is 4.83. The van der Waals surface area contributed by atoms with Crippen LogP contribution in [0.5, 0.6) is 0 Å². The molecule has 0 fully saturated rings. The predicted octanol–water partition coefficient (Wildman–Crippen LogP) is 3.19. The van der Waals surface area contributed by atoms with Crippen LogP contribution in [0.3, 0.4) is 0 Å². The summed E-state index contributed by atoms with van der Waals surface area (Å²) in [5.74, 6) is -2.16. The zero-order valence-corrected chi connectivity index (χ0v) is 12.6. The molecule has 1 atom stereocenters. The Bertz CT molecular complexity index is 652. The SMILES string of the molecule is CCc1nn(C)c(CC(C(=O)O)c2ccc(F)cc2)c1Cl. The van der Waals surface area contributed by atoms with E-state index >= 15 is 0 Å². The van der Waals surface area contributed by atoms with Crippen LogP contribution in [-0.4, -0.2) is 20.9 Å². The van der Waals surface area contributed by atoms with Crippen molar-refractivity contribution < 1.29 is 14.3 Å². The van der Waals surface area contributed by atoms with Crippen molar-refractivity contribution in [3.05, 3.63) is 52.1 Å². The van der Waals surface area contributed by atoms with Crippen molar-refractivity contribution in [3.63, 3.8) is 0 Å². The summed E-state index contributed by atoms with van der Waals surface area (Å²) in [6.07, 6.45) is 0.893. The van der Waals surface area contributed by atoms with E-state index in [0.29, 0.717) is 22.7 Å². The van der Waals surface area contributed by atoms with E-state index in [4.69, 9.17) is 11.6 Å². The van der Waals surface area contributed by atoms with Crippen molar-refractivity contribution in [2.24, 2.45) is 7.05 Å². The number of aryl methyl sites for hydroxylation is 2. The van der Waals surface area contributed by atoms with Crippen LogP contribution in [0.15, 0.2) is 24.3 Å². The number of benzene rings is 1. The van der Waals surface area contributed by atoms with Crippen LogP contribution < -0.4 is 0 Å². The predicted molar refractivity (Wildman–Crippen MR) is 78.1 cm³/mol. The third kappa shape index (κ3) is 3.24. The lowest BCUT2D eigenvalue weighted by molar-refractivity contribution is -0.138. The molecule has 6 heteroatoms. The number of carboxylic acids is 1. The molecule has 2 aromatic rings. The first-order valence-corrected chi connectivity index (χ1v) is 7.00. The zero-order valence-electron chi connectivity index (χ0n) is 11.8. The molecule has 0 amide bonds. The van der Waals surface area contributed by atoms with Crippen molar-refractivity contribution >= 4 is 17.6 Å². The van der Waals surface area contributed by atoms with Gasteiger partial charge in [-0.15, -0.1) is 0 Å². The summed E-state index contributed by atoms with van der Waals surface area (Å²) in [4.78, 5) is 11.5. The highest BCUT2D eigenvalue weighted by Crippen LogP contribution is 2.28. The maximum absolute atomic E-state index is 13.0. The number of aromatic nitrogens is 2. The highest BCUT2D eigenvalue weighted by atomic mass is 35.5. The summed E-state index contributed by atoms with van der Waals surface area (Å²) in [6, 6.07) is 5.49. The Morgan fingerprint density at radius 3 is 2.52 bits per heavy atom. The summed E-state index contributed by atoms with van der Waals surface area (Å²) < 4.78 is 14.6. The van der Waals surface area contributed by atoms with E-state index in [-0.39, 0.29) is 6.42 Å². The first-order chi connectivity index (χ1) is 9.93. The zero-order chi connectivity index (χ0) is 15.6. The maximum Gasteiger partial charge on any atom is 0.311 e. The Morgan fingerprint density at radius 2 is 2.05 bits per heavy atom. The minimum absolute atomic E-state index is 0.212. The van der Waals surface area contributed by atoms with E-state index in [9.17, 15) is 14.3 Å². The molecule has 0 aliphatic rings. The third-order valence-corrected chi connectivity index (χ3v) is 3.91. The van der Waals surface area contributed by atoms with Crippen LogP contribution in [-0.2, 0) is 24.7 Å².